The van der Waals surface area contributed by atoms with Crippen LogP contribution in [0.5, 0.6) is 0 Å². The van der Waals surface area contributed by atoms with Gasteiger partial charge in [-0.05, 0) is 33.6 Å². The largest absolute Gasteiger partial charge is 0.332 e. The Balaban J connectivity index is 1.73. The number of thiazole rings is 1. The second-order valence-electron chi connectivity index (χ2n) is 7.00. The summed E-state index contributed by atoms with van der Waals surface area (Å²) in [6.45, 7) is 6.06. The van der Waals surface area contributed by atoms with Gasteiger partial charge in [-0.2, -0.15) is 0 Å². The van der Waals surface area contributed by atoms with Gasteiger partial charge in [-0.1, -0.05) is 30.9 Å². The van der Waals surface area contributed by atoms with Crippen LogP contribution in [0, 0.1) is 13.8 Å². The van der Waals surface area contributed by atoms with E-state index in [0.717, 1.165) is 28.4 Å². The number of carbonyl (C=O) groups excluding carboxylic acids is 1. The maximum atomic E-state index is 12.8. The van der Waals surface area contributed by atoms with Gasteiger partial charge in [0, 0.05) is 11.9 Å². The van der Waals surface area contributed by atoms with E-state index in [-0.39, 0.29) is 11.9 Å². The van der Waals surface area contributed by atoms with E-state index in [4.69, 9.17) is 0 Å². The lowest BCUT2D eigenvalue weighted by Crippen LogP contribution is -2.30. The fourth-order valence-corrected chi connectivity index (χ4v) is 4.46. The number of hydrogen-bond donors (Lipinski definition) is 0. The lowest BCUT2D eigenvalue weighted by Gasteiger charge is -2.23. The normalized spacial score (nSPS) is 17.3. The molecule has 2 heterocycles. The van der Waals surface area contributed by atoms with Crippen LogP contribution in [-0.2, 0) is 0 Å². The summed E-state index contributed by atoms with van der Waals surface area (Å²) in [6, 6.07) is 0.295. The Kier molecular flexibility index (Phi) is 5.51. The van der Waals surface area contributed by atoms with Crippen molar-refractivity contribution in [3.63, 3.8) is 0 Å². The molecular formula is C18H27N5OS. The molecular weight excluding hydrogens is 334 g/mol. The average Bonchev–Trinajstić information content (AvgIpc) is 3.10. The second kappa shape index (κ2) is 7.64. The van der Waals surface area contributed by atoms with Crippen LogP contribution < -0.4 is 0 Å². The number of nitrogens with zero attached hydrogens (tertiary/aromatic N) is 5. The monoisotopic (exact) mass is 361 g/mol. The van der Waals surface area contributed by atoms with E-state index < -0.39 is 0 Å². The number of aromatic nitrogens is 4. The van der Waals surface area contributed by atoms with Crippen molar-refractivity contribution < 1.29 is 4.79 Å². The number of rotatable bonds is 4. The van der Waals surface area contributed by atoms with Gasteiger partial charge in [-0.3, -0.25) is 4.79 Å². The summed E-state index contributed by atoms with van der Waals surface area (Å²) in [6.07, 6.45) is 9.12. The zero-order valence-corrected chi connectivity index (χ0v) is 16.3. The molecule has 0 unspecified atom stereocenters. The molecule has 0 aromatic carbocycles. The molecule has 2 aromatic heterocycles. The minimum absolute atomic E-state index is 0.0829. The first kappa shape index (κ1) is 18.0. The molecule has 0 N–H and O–H groups in total. The van der Waals surface area contributed by atoms with Crippen LogP contribution >= 0.6 is 11.3 Å². The molecule has 1 aliphatic carbocycles. The number of hydrogen-bond acceptors (Lipinski definition) is 5. The molecule has 25 heavy (non-hydrogen) atoms. The summed E-state index contributed by atoms with van der Waals surface area (Å²) < 4.78 is 1.90. The van der Waals surface area contributed by atoms with Gasteiger partial charge in [0.25, 0.3) is 5.91 Å². The van der Waals surface area contributed by atoms with Gasteiger partial charge in [-0.15, -0.1) is 16.4 Å². The first-order valence-corrected chi connectivity index (χ1v) is 9.92. The zero-order chi connectivity index (χ0) is 18.0. The highest BCUT2D eigenvalue weighted by molar-refractivity contribution is 7.11. The summed E-state index contributed by atoms with van der Waals surface area (Å²) in [5.74, 6) is -0.0996. The van der Waals surface area contributed by atoms with E-state index in [9.17, 15) is 4.79 Å². The molecule has 1 aliphatic rings. The second-order valence-corrected chi connectivity index (χ2v) is 8.40. The van der Waals surface area contributed by atoms with Gasteiger partial charge in [0.1, 0.15) is 0 Å². The molecule has 0 aliphatic heterocycles. The Morgan fingerprint density at radius 3 is 2.56 bits per heavy atom. The van der Waals surface area contributed by atoms with Crippen LogP contribution in [0.4, 0.5) is 0 Å². The molecule has 1 fully saturated rings. The van der Waals surface area contributed by atoms with Crippen LogP contribution in [0.2, 0.25) is 0 Å². The molecule has 2 aromatic rings. The van der Waals surface area contributed by atoms with Crippen molar-refractivity contribution >= 4 is 17.2 Å². The van der Waals surface area contributed by atoms with Crippen LogP contribution in [0.25, 0.3) is 0 Å². The molecule has 0 saturated heterocycles. The Hall–Kier alpha value is -1.76. The van der Waals surface area contributed by atoms with Crippen molar-refractivity contribution in [3.8, 4) is 0 Å². The van der Waals surface area contributed by atoms with Crippen molar-refractivity contribution in [1.82, 2.24) is 24.9 Å². The van der Waals surface area contributed by atoms with Crippen molar-refractivity contribution in [2.24, 2.45) is 0 Å². The summed E-state index contributed by atoms with van der Waals surface area (Å²) >= 11 is 1.67. The van der Waals surface area contributed by atoms with Gasteiger partial charge in [0.05, 0.1) is 29.0 Å². The first-order chi connectivity index (χ1) is 12.0. The smallest absolute Gasteiger partial charge is 0.276 e. The molecule has 7 heteroatoms. The third-order valence-electron chi connectivity index (χ3n) is 5.16. The van der Waals surface area contributed by atoms with Crippen molar-refractivity contribution in [2.45, 2.75) is 71.4 Å². The van der Waals surface area contributed by atoms with E-state index >= 15 is 0 Å². The SMILES string of the molecule is Cc1nc([C@H](C)N(C)C(=O)c2cn(C3CCCCCC3)nn2)c(C)s1. The van der Waals surface area contributed by atoms with E-state index in [1.165, 1.54) is 25.7 Å². The van der Waals surface area contributed by atoms with E-state index in [1.54, 1.807) is 16.2 Å². The predicted molar refractivity (Wildman–Crippen MR) is 98.9 cm³/mol. The van der Waals surface area contributed by atoms with Gasteiger partial charge in [-0.25, -0.2) is 9.67 Å². The van der Waals surface area contributed by atoms with Gasteiger partial charge in [0.2, 0.25) is 0 Å². The molecule has 6 nitrogen and oxygen atoms in total. The van der Waals surface area contributed by atoms with Gasteiger partial charge in [0.15, 0.2) is 5.69 Å². The van der Waals surface area contributed by atoms with Crippen LogP contribution in [-0.4, -0.2) is 37.8 Å². The molecule has 0 spiro atoms. The number of carbonyl (C=O) groups is 1. The molecule has 0 radical (unpaired) electrons. The summed E-state index contributed by atoms with van der Waals surface area (Å²) in [4.78, 5) is 20.3. The minimum atomic E-state index is -0.0996. The Morgan fingerprint density at radius 1 is 1.28 bits per heavy atom. The zero-order valence-electron chi connectivity index (χ0n) is 15.5. The highest BCUT2D eigenvalue weighted by Crippen LogP contribution is 2.28. The molecule has 1 saturated carbocycles. The number of aryl methyl sites for hydroxylation is 2. The number of amides is 1. The van der Waals surface area contributed by atoms with Gasteiger partial charge < -0.3 is 4.90 Å². The van der Waals surface area contributed by atoms with E-state index in [2.05, 4.69) is 22.2 Å². The predicted octanol–water partition coefficient (Wildman–Crippen LogP) is 4.08. The maximum absolute atomic E-state index is 12.8. The van der Waals surface area contributed by atoms with Gasteiger partial charge >= 0.3 is 0 Å². The lowest BCUT2D eigenvalue weighted by molar-refractivity contribution is 0.0733. The lowest BCUT2D eigenvalue weighted by atomic mass is 10.1. The van der Waals surface area contributed by atoms with E-state index in [0.29, 0.717) is 11.7 Å². The minimum Gasteiger partial charge on any atom is -0.332 e. The Labute approximate surface area is 153 Å². The summed E-state index contributed by atoms with van der Waals surface area (Å²) in [5.41, 5.74) is 1.39. The van der Waals surface area contributed by atoms with Crippen LogP contribution in [0.3, 0.4) is 0 Å². The standard InChI is InChI=1S/C18H27N5OS/c1-12(17-13(2)25-14(3)19-17)22(4)18(24)16-11-23(21-20-16)15-9-7-5-6-8-10-15/h11-12,15H,5-10H2,1-4H3/t12-/m0/s1. The molecule has 1 amide bonds. The van der Waals surface area contributed by atoms with Crippen LogP contribution in [0.1, 0.15) is 83.6 Å². The first-order valence-electron chi connectivity index (χ1n) is 9.10. The van der Waals surface area contributed by atoms with Crippen molar-refractivity contribution in [2.75, 3.05) is 7.05 Å². The fourth-order valence-electron chi connectivity index (χ4n) is 3.55. The molecule has 136 valence electrons. The third-order valence-corrected chi connectivity index (χ3v) is 6.07. The quantitative estimate of drug-likeness (QED) is 0.770. The Bertz CT molecular complexity index is 730. The Morgan fingerprint density at radius 2 is 1.96 bits per heavy atom. The van der Waals surface area contributed by atoms with Crippen LogP contribution in [0.15, 0.2) is 6.20 Å². The molecule has 1 atom stereocenters. The topological polar surface area (TPSA) is 63.9 Å². The average molecular weight is 362 g/mol. The summed E-state index contributed by atoms with van der Waals surface area (Å²) in [5, 5.41) is 9.42. The highest BCUT2D eigenvalue weighted by atomic mass is 32.1. The third kappa shape index (κ3) is 3.92. The fraction of sp³-hybridized carbons (Fsp3) is 0.667. The maximum Gasteiger partial charge on any atom is 0.276 e. The molecule has 0 bridgehead atoms. The van der Waals surface area contributed by atoms with Crippen molar-refractivity contribution in [1.29, 1.82) is 0 Å². The summed E-state index contributed by atoms with van der Waals surface area (Å²) in [7, 11) is 1.81. The molecule has 3 rings (SSSR count). The van der Waals surface area contributed by atoms with Crippen molar-refractivity contribution in [3.05, 3.63) is 27.5 Å². The van der Waals surface area contributed by atoms with E-state index in [1.807, 2.05) is 31.8 Å². The highest BCUT2D eigenvalue weighted by Gasteiger charge is 2.25.